The number of nitrogens with zero attached hydrogens (tertiary/aromatic N) is 3. The summed E-state index contributed by atoms with van der Waals surface area (Å²) in [6.07, 6.45) is 4.29. The highest BCUT2D eigenvalue weighted by atomic mass is 79.9. The summed E-state index contributed by atoms with van der Waals surface area (Å²) in [4.78, 5) is 17.6. The van der Waals surface area contributed by atoms with Crippen molar-refractivity contribution < 1.29 is 14.1 Å². The lowest BCUT2D eigenvalue weighted by molar-refractivity contribution is 0.0951. The maximum absolute atomic E-state index is 13.4. The number of rotatable bonds is 7. The smallest absolute Gasteiger partial charge is 0.274 e. The van der Waals surface area contributed by atoms with E-state index in [-0.39, 0.29) is 28.2 Å². The zero-order valence-electron chi connectivity index (χ0n) is 17.7. The number of halogens is 2. The number of carbonyl (C=O) groups excluding carboxylic acids is 1. The number of hydrogen-bond acceptors (Lipinski definition) is 7. The fourth-order valence-electron chi connectivity index (χ4n) is 3.39. The van der Waals surface area contributed by atoms with Crippen LogP contribution in [0.15, 0.2) is 46.2 Å². The lowest BCUT2D eigenvalue weighted by Gasteiger charge is -2.27. The van der Waals surface area contributed by atoms with Gasteiger partial charge >= 0.3 is 0 Å². The predicted molar refractivity (Wildman–Crippen MR) is 127 cm³/mol. The first kappa shape index (κ1) is 24.6. The number of pyridine rings is 1. The van der Waals surface area contributed by atoms with Gasteiger partial charge < -0.3 is 10.4 Å². The molecular weight excluding hydrogens is 520 g/mol. The average Bonchev–Trinajstić information content (AvgIpc) is 3.11. The maximum atomic E-state index is 13.4. The summed E-state index contributed by atoms with van der Waals surface area (Å²) in [6, 6.07) is 4.75. The molecule has 2 aromatic heterocycles. The summed E-state index contributed by atoms with van der Waals surface area (Å²) >= 11 is 9.76. The molecule has 1 aliphatic rings. The molecule has 0 spiro atoms. The number of allylic oxidation sites excluding steroid dienone is 2. The molecule has 0 radical (unpaired) electrons. The third-order valence-electron chi connectivity index (χ3n) is 4.79. The molecule has 9 nitrogen and oxygen atoms in total. The summed E-state index contributed by atoms with van der Waals surface area (Å²) < 4.78 is 21.9. The van der Waals surface area contributed by atoms with E-state index in [1.807, 2.05) is 6.92 Å². The van der Waals surface area contributed by atoms with Crippen LogP contribution in [0.2, 0.25) is 5.02 Å². The van der Waals surface area contributed by atoms with Crippen LogP contribution in [0.1, 0.15) is 29.5 Å². The van der Waals surface area contributed by atoms with E-state index in [9.17, 15) is 14.1 Å². The monoisotopic (exact) mass is 542 g/mol. The van der Waals surface area contributed by atoms with Crippen molar-refractivity contribution in [1.82, 2.24) is 25.4 Å². The van der Waals surface area contributed by atoms with Crippen molar-refractivity contribution in [2.24, 2.45) is 5.92 Å². The van der Waals surface area contributed by atoms with E-state index in [4.69, 9.17) is 16.4 Å². The Kier molecular flexibility index (Phi) is 7.56. The summed E-state index contributed by atoms with van der Waals surface area (Å²) in [5, 5.41) is 20.7. The van der Waals surface area contributed by atoms with Gasteiger partial charge in [-0.25, -0.2) is 13.9 Å². The number of likely N-dealkylation sites (N-methyl/N-ethyl adjacent to an activating group) is 1. The highest BCUT2D eigenvalue weighted by molar-refractivity contribution is 9.11. The Morgan fingerprint density at radius 2 is 2.25 bits per heavy atom. The van der Waals surface area contributed by atoms with E-state index in [0.29, 0.717) is 23.4 Å². The summed E-state index contributed by atoms with van der Waals surface area (Å²) in [6.45, 7) is 1.94. The van der Waals surface area contributed by atoms with Gasteiger partial charge in [0.15, 0.2) is 5.82 Å². The molecule has 12 heteroatoms. The summed E-state index contributed by atoms with van der Waals surface area (Å²) in [5.74, 6) is -0.453. The molecule has 0 aromatic carbocycles. The van der Waals surface area contributed by atoms with Gasteiger partial charge in [-0.15, -0.1) is 0 Å². The predicted octanol–water partition coefficient (Wildman–Crippen LogP) is 2.94. The summed E-state index contributed by atoms with van der Waals surface area (Å²) in [5.41, 5.74) is 1.54. The van der Waals surface area contributed by atoms with Gasteiger partial charge in [-0.3, -0.25) is 14.9 Å². The number of nitrogens with one attached hydrogen (secondary N) is 3. The highest BCUT2D eigenvalue weighted by Crippen LogP contribution is 2.32. The second-order valence-electron chi connectivity index (χ2n) is 7.60. The van der Waals surface area contributed by atoms with E-state index in [2.05, 4.69) is 36.6 Å². The lowest BCUT2D eigenvalue weighted by Crippen LogP contribution is -2.36. The number of aromatic nitrogens is 3. The second-order valence-corrected chi connectivity index (χ2v) is 11.3. The first-order chi connectivity index (χ1) is 15.0. The molecule has 3 atom stereocenters. The SMILES string of the molecule is CNC(O)C1=C(NC(=O)c2cc(CS(C)(=N)=O)nn2-c2ncccc2Cl)C(C)CC(Br)=C1. The van der Waals surface area contributed by atoms with Crippen molar-refractivity contribution in [1.29, 1.82) is 4.78 Å². The van der Waals surface area contributed by atoms with Crippen molar-refractivity contribution in [3.8, 4) is 5.82 Å². The molecule has 172 valence electrons. The van der Waals surface area contributed by atoms with Gasteiger partial charge in [0.2, 0.25) is 0 Å². The van der Waals surface area contributed by atoms with Crippen molar-refractivity contribution in [3.05, 3.63) is 62.6 Å². The van der Waals surface area contributed by atoms with Crippen molar-refractivity contribution in [2.45, 2.75) is 25.3 Å². The normalized spacial score (nSPS) is 19.3. The Morgan fingerprint density at radius 3 is 2.88 bits per heavy atom. The van der Waals surface area contributed by atoms with Crippen LogP contribution in [-0.4, -0.2) is 49.5 Å². The zero-order chi connectivity index (χ0) is 23.6. The zero-order valence-corrected chi connectivity index (χ0v) is 20.9. The van der Waals surface area contributed by atoms with Crippen molar-refractivity contribution in [2.75, 3.05) is 13.3 Å². The van der Waals surface area contributed by atoms with Crippen LogP contribution in [0.3, 0.4) is 0 Å². The Hall–Kier alpha value is -2.05. The molecule has 3 rings (SSSR count). The van der Waals surface area contributed by atoms with Crippen LogP contribution in [0.4, 0.5) is 0 Å². The maximum Gasteiger partial charge on any atom is 0.274 e. The Labute approximate surface area is 200 Å². The molecule has 1 amide bonds. The first-order valence-electron chi connectivity index (χ1n) is 9.68. The van der Waals surface area contributed by atoms with E-state index in [1.165, 1.54) is 23.2 Å². The van der Waals surface area contributed by atoms with Gasteiger partial charge in [0, 0.05) is 39.4 Å². The molecule has 0 fully saturated rings. The second kappa shape index (κ2) is 9.84. The number of hydrogen-bond donors (Lipinski definition) is 4. The highest BCUT2D eigenvalue weighted by Gasteiger charge is 2.27. The molecule has 4 N–H and O–H groups in total. The topological polar surface area (TPSA) is 133 Å². The minimum atomic E-state index is -2.89. The molecule has 2 heterocycles. The standard InChI is InChI=1S/C20H24BrClN6O3S/c1-11-7-12(21)8-14(19(29)24-2)17(11)26-20(30)16-9-13(10-32(3,23)31)27-28(16)18-15(22)5-4-6-25-18/h4-6,8-9,11,19,23-24,29H,7,10H2,1-3H3,(H,26,30). The van der Waals surface area contributed by atoms with Crippen LogP contribution >= 0.6 is 27.5 Å². The van der Waals surface area contributed by atoms with Gasteiger partial charge in [-0.05, 0) is 42.2 Å². The fourth-order valence-corrected chi connectivity index (χ4v) is 5.03. The molecule has 0 saturated carbocycles. The Bertz CT molecular complexity index is 1210. The fraction of sp³-hybridized carbons (Fsp3) is 0.350. The number of carbonyl (C=O) groups is 1. The quantitative estimate of drug-likeness (QED) is 0.397. The molecule has 2 aromatic rings. The van der Waals surface area contributed by atoms with E-state index in [1.54, 1.807) is 25.3 Å². The van der Waals surface area contributed by atoms with Crippen LogP contribution in [0.25, 0.3) is 5.82 Å². The average molecular weight is 544 g/mol. The van der Waals surface area contributed by atoms with Crippen LogP contribution in [0.5, 0.6) is 0 Å². The van der Waals surface area contributed by atoms with E-state index in [0.717, 1.165) is 4.48 Å². The van der Waals surface area contributed by atoms with Gasteiger partial charge in [-0.1, -0.05) is 34.5 Å². The van der Waals surface area contributed by atoms with Crippen molar-refractivity contribution >= 4 is 43.2 Å². The molecule has 1 aliphatic carbocycles. The summed E-state index contributed by atoms with van der Waals surface area (Å²) in [7, 11) is -1.27. The number of amides is 1. The minimum Gasteiger partial charge on any atom is -0.374 e. The van der Waals surface area contributed by atoms with Gasteiger partial charge in [-0.2, -0.15) is 5.10 Å². The lowest BCUT2D eigenvalue weighted by atomic mass is 9.92. The molecule has 0 aliphatic heterocycles. The molecular formula is C20H24BrClN6O3S. The molecule has 32 heavy (non-hydrogen) atoms. The largest absolute Gasteiger partial charge is 0.374 e. The number of aliphatic hydroxyl groups is 1. The molecule has 0 saturated heterocycles. The minimum absolute atomic E-state index is 0.0757. The van der Waals surface area contributed by atoms with Gasteiger partial charge in [0.05, 0.1) is 16.5 Å². The van der Waals surface area contributed by atoms with E-state index < -0.39 is 21.9 Å². The number of aliphatic hydroxyl groups excluding tert-OH is 1. The molecule has 0 bridgehead atoms. The third-order valence-corrected chi connectivity index (χ3v) is 6.48. The first-order valence-corrected chi connectivity index (χ1v) is 13.0. The third kappa shape index (κ3) is 5.65. The van der Waals surface area contributed by atoms with Crippen LogP contribution in [0, 0.1) is 10.7 Å². The van der Waals surface area contributed by atoms with E-state index >= 15 is 0 Å². The van der Waals surface area contributed by atoms with Crippen molar-refractivity contribution in [3.63, 3.8) is 0 Å². The Morgan fingerprint density at radius 1 is 1.53 bits per heavy atom. The van der Waals surface area contributed by atoms with Crippen LogP contribution < -0.4 is 10.6 Å². The molecule has 3 unspecified atom stereocenters. The van der Waals surface area contributed by atoms with Gasteiger partial charge in [0.25, 0.3) is 5.91 Å². The van der Waals surface area contributed by atoms with Crippen LogP contribution in [-0.2, 0) is 15.5 Å². The Balaban J connectivity index is 2.08. The van der Waals surface area contributed by atoms with Gasteiger partial charge in [0.1, 0.15) is 11.9 Å².